The van der Waals surface area contributed by atoms with E-state index in [-0.39, 0.29) is 28.1 Å². The van der Waals surface area contributed by atoms with Crippen LogP contribution in [0.1, 0.15) is 19.8 Å². The van der Waals surface area contributed by atoms with Crippen molar-refractivity contribution in [1.29, 1.82) is 0 Å². The molecule has 0 saturated heterocycles. The average molecular weight is 337 g/mol. The van der Waals surface area contributed by atoms with Gasteiger partial charge in [0.05, 0.1) is 10.0 Å². The fraction of sp³-hybridized carbons (Fsp3) is 0.385. The molecule has 1 atom stereocenters. The number of carboxylic acids is 1. The van der Waals surface area contributed by atoms with E-state index in [1.807, 2.05) is 6.92 Å². The number of carbonyl (C=O) groups is 2. The predicted molar refractivity (Wildman–Crippen MR) is 79.5 cm³/mol. The summed E-state index contributed by atoms with van der Waals surface area (Å²) < 4.78 is 13.2. The number of urea groups is 1. The lowest BCUT2D eigenvalue weighted by molar-refractivity contribution is -0.137. The lowest BCUT2D eigenvalue weighted by Gasteiger charge is -2.13. The first-order chi connectivity index (χ1) is 9.79. The number of rotatable bonds is 6. The smallest absolute Gasteiger partial charge is 0.319 e. The van der Waals surface area contributed by atoms with Crippen LogP contribution in [-0.4, -0.2) is 23.7 Å². The van der Waals surface area contributed by atoms with Crippen LogP contribution in [0.5, 0.6) is 0 Å². The van der Waals surface area contributed by atoms with E-state index in [1.54, 1.807) is 0 Å². The van der Waals surface area contributed by atoms with E-state index < -0.39 is 17.8 Å². The average Bonchev–Trinajstić information content (AvgIpc) is 2.40. The third-order valence-corrected chi connectivity index (χ3v) is 3.25. The molecule has 5 nitrogen and oxygen atoms in total. The number of benzene rings is 1. The van der Waals surface area contributed by atoms with Gasteiger partial charge in [-0.1, -0.05) is 30.1 Å². The minimum Gasteiger partial charge on any atom is -0.481 e. The maximum absolute atomic E-state index is 13.2. The lowest BCUT2D eigenvalue weighted by atomic mass is 10.1. The van der Waals surface area contributed by atoms with Gasteiger partial charge in [-0.05, 0) is 24.5 Å². The number of hydrogen-bond donors (Lipinski definition) is 3. The van der Waals surface area contributed by atoms with Crippen molar-refractivity contribution in [1.82, 2.24) is 5.32 Å². The number of carboxylic acid groups (broad SMARTS) is 1. The van der Waals surface area contributed by atoms with E-state index in [2.05, 4.69) is 10.6 Å². The Morgan fingerprint density at radius 2 is 1.90 bits per heavy atom. The van der Waals surface area contributed by atoms with Crippen molar-refractivity contribution in [2.24, 2.45) is 5.92 Å². The standard InChI is InChI=1S/C13H15Cl2FN2O3/c1-7(2-3-11(19)20)6-17-13(21)18-8-4-9(14)12(16)10(15)5-8/h4-5,7H,2-3,6H2,1H3,(H,19,20)(H2,17,18,21). The fourth-order valence-corrected chi connectivity index (χ4v) is 2.03. The number of anilines is 1. The molecular formula is C13H15Cl2FN2O3. The van der Waals surface area contributed by atoms with Crippen LogP contribution in [0.4, 0.5) is 14.9 Å². The summed E-state index contributed by atoms with van der Waals surface area (Å²) in [5, 5.41) is 13.2. The first-order valence-corrected chi connectivity index (χ1v) is 6.96. The van der Waals surface area contributed by atoms with Gasteiger partial charge < -0.3 is 15.7 Å². The van der Waals surface area contributed by atoms with Crippen molar-refractivity contribution in [2.45, 2.75) is 19.8 Å². The Bertz CT molecular complexity index is 517. The molecule has 116 valence electrons. The molecule has 0 heterocycles. The molecule has 2 amide bonds. The van der Waals surface area contributed by atoms with Gasteiger partial charge in [0, 0.05) is 18.7 Å². The Kier molecular flexibility index (Phi) is 6.71. The molecular weight excluding hydrogens is 322 g/mol. The van der Waals surface area contributed by atoms with Crippen LogP contribution in [0.2, 0.25) is 10.0 Å². The van der Waals surface area contributed by atoms with Crippen molar-refractivity contribution in [2.75, 3.05) is 11.9 Å². The van der Waals surface area contributed by atoms with Gasteiger partial charge in [0.15, 0.2) is 5.82 Å². The van der Waals surface area contributed by atoms with E-state index in [4.69, 9.17) is 28.3 Å². The normalized spacial score (nSPS) is 11.8. The summed E-state index contributed by atoms with van der Waals surface area (Å²) in [6.07, 6.45) is 0.511. The minimum atomic E-state index is -0.873. The van der Waals surface area contributed by atoms with Crippen LogP contribution in [0, 0.1) is 11.7 Å². The number of aliphatic carboxylic acids is 1. The van der Waals surface area contributed by atoms with E-state index in [1.165, 1.54) is 12.1 Å². The predicted octanol–water partition coefficient (Wildman–Crippen LogP) is 3.75. The topological polar surface area (TPSA) is 78.4 Å². The highest BCUT2D eigenvalue weighted by Gasteiger charge is 2.11. The molecule has 0 bridgehead atoms. The van der Waals surface area contributed by atoms with Gasteiger partial charge in [-0.2, -0.15) is 0 Å². The molecule has 1 rings (SSSR count). The second-order valence-electron chi connectivity index (χ2n) is 4.63. The Hall–Kier alpha value is -1.53. The van der Waals surface area contributed by atoms with Gasteiger partial charge >= 0.3 is 12.0 Å². The van der Waals surface area contributed by atoms with Crippen LogP contribution in [0.3, 0.4) is 0 Å². The first-order valence-electron chi connectivity index (χ1n) is 6.20. The monoisotopic (exact) mass is 336 g/mol. The molecule has 0 aliphatic rings. The lowest BCUT2D eigenvalue weighted by Crippen LogP contribution is -2.32. The molecule has 1 aromatic carbocycles. The molecule has 0 aromatic heterocycles. The van der Waals surface area contributed by atoms with Crippen molar-refractivity contribution in [3.63, 3.8) is 0 Å². The van der Waals surface area contributed by atoms with Crippen molar-refractivity contribution < 1.29 is 19.1 Å². The molecule has 0 saturated carbocycles. The maximum atomic E-state index is 13.2. The zero-order valence-electron chi connectivity index (χ0n) is 11.3. The maximum Gasteiger partial charge on any atom is 0.319 e. The summed E-state index contributed by atoms with van der Waals surface area (Å²) >= 11 is 11.2. The van der Waals surface area contributed by atoms with Gasteiger partial charge in [-0.25, -0.2) is 9.18 Å². The van der Waals surface area contributed by atoms with E-state index in [0.717, 1.165) is 0 Å². The molecule has 0 spiro atoms. The van der Waals surface area contributed by atoms with Crippen molar-refractivity contribution >= 4 is 40.9 Å². The molecule has 0 aliphatic heterocycles. The molecule has 0 fully saturated rings. The number of amides is 2. The largest absolute Gasteiger partial charge is 0.481 e. The number of carbonyl (C=O) groups excluding carboxylic acids is 1. The molecule has 0 radical (unpaired) electrons. The van der Waals surface area contributed by atoms with Gasteiger partial charge in [-0.15, -0.1) is 0 Å². The van der Waals surface area contributed by atoms with Gasteiger partial charge in [0.1, 0.15) is 0 Å². The fourth-order valence-electron chi connectivity index (χ4n) is 1.54. The van der Waals surface area contributed by atoms with Crippen LogP contribution >= 0.6 is 23.2 Å². The van der Waals surface area contributed by atoms with Crippen molar-refractivity contribution in [3.05, 3.63) is 28.0 Å². The highest BCUT2D eigenvalue weighted by Crippen LogP contribution is 2.27. The summed E-state index contributed by atoms with van der Waals surface area (Å²) in [4.78, 5) is 22.1. The summed E-state index contributed by atoms with van der Waals surface area (Å²) in [5.74, 6) is -1.60. The SMILES string of the molecule is CC(CCC(=O)O)CNC(=O)Nc1cc(Cl)c(F)c(Cl)c1. The molecule has 3 N–H and O–H groups in total. The third kappa shape index (κ3) is 6.18. The van der Waals surface area contributed by atoms with Gasteiger partial charge in [0.2, 0.25) is 0 Å². The van der Waals surface area contributed by atoms with Crippen molar-refractivity contribution in [3.8, 4) is 0 Å². The second kappa shape index (κ2) is 8.05. The summed E-state index contributed by atoms with van der Waals surface area (Å²) in [6, 6.07) is 1.99. The van der Waals surface area contributed by atoms with Crippen LogP contribution in [0.25, 0.3) is 0 Å². The molecule has 0 aliphatic carbocycles. The zero-order chi connectivity index (χ0) is 16.0. The third-order valence-electron chi connectivity index (χ3n) is 2.70. The second-order valence-corrected chi connectivity index (χ2v) is 5.44. The number of hydrogen-bond acceptors (Lipinski definition) is 2. The number of nitrogens with one attached hydrogen (secondary N) is 2. The Balaban J connectivity index is 2.45. The molecule has 1 unspecified atom stereocenters. The zero-order valence-corrected chi connectivity index (χ0v) is 12.8. The van der Waals surface area contributed by atoms with Crippen LogP contribution < -0.4 is 10.6 Å². The van der Waals surface area contributed by atoms with Gasteiger partial charge in [0.25, 0.3) is 0 Å². The Labute approximate surface area is 131 Å². The van der Waals surface area contributed by atoms with E-state index in [0.29, 0.717) is 13.0 Å². The first kappa shape index (κ1) is 17.5. The van der Waals surface area contributed by atoms with E-state index in [9.17, 15) is 14.0 Å². The highest BCUT2D eigenvalue weighted by atomic mass is 35.5. The molecule has 21 heavy (non-hydrogen) atoms. The van der Waals surface area contributed by atoms with E-state index >= 15 is 0 Å². The minimum absolute atomic E-state index is 0.0206. The van der Waals surface area contributed by atoms with Crippen LogP contribution in [0.15, 0.2) is 12.1 Å². The summed E-state index contributed by atoms with van der Waals surface area (Å²) in [6.45, 7) is 2.15. The molecule has 1 aromatic rings. The quantitative estimate of drug-likeness (QED) is 0.692. The van der Waals surface area contributed by atoms with Crippen LogP contribution in [-0.2, 0) is 4.79 Å². The Morgan fingerprint density at radius 3 is 2.43 bits per heavy atom. The van der Waals surface area contributed by atoms with Gasteiger partial charge in [-0.3, -0.25) is 4.79 Å². The summed E-state index contributed by atoms with van der Waals surface area (Å²) in [5.41, 5.74) is 0.266. The number of halogens is 3. The molecule has 8 heteroatoms. The Morgan fingerprint density at radius 1 is 1.33 bits per heavy atom. The summed E-state index contributed by atoms with van der Waals surface area (Å²) in [7, 11) is 0. The highest BCUT2D eigenvalue weighted by molar-refractivity contribution is 6.35.